The number of piperidine rings is 1. The SMILES string of the molecule is CN=C(NCc1c(C)nn(Cc2ccccc2)c1C)NCC(c1ccco1)N1CCCCC1. The van der Waals surface area contributed by atoms with Gasteiger partial charge in [0.15, 0.2) is 5.96 Å². The van der Waals surface area contributed by atoms with Crippen LogP contribution in [-0.2, 0) is 13.1 Å². The molecule has 1 atom stereocenters. The number of likely N-dealkylation sites (tertiary alicyclic amines) is 1. The summed E-state index contributed by atoms with van der Waals surface area (Å²) in [7, 11) is 1.82. The Labute approximate surface area is 196 Å². The van der Waals surface area contributed by atoms with Gasteiger partial charge >= 0.3 is 0 Å². The molecule has 0 aliphatic carbocycles. The number of aromatic nitrogens is 2. The lowest BCUT2D eigenvalue weighted by Crippen LogP contribution is -2.44. The largest absolute Gasteiger partial charge is 0.468 e. The molecule has 1 aliphatic rings. The minimum atomic E-state index is 0.205. The quantitative estimate of drug-likeness (QED) is 0.402. The van der Waals surface area contributed by atoms with Crippen molar-refractivity contribution in [2.75, 3.05) is 26.7 Å². The molecule has 3 heterocycles. The van der Waals surface area contributed by atoms with Gasteiger partial charge in [0, 0.05) is 31.4 Å². The zero-order valence-corrected chi connectivity index (χ0v) is 20.1. The zero-order chi connectivity index (χ0) is 23.0. The molecule has 0 amide bonds. The standard InChI is InChI=1S/C26H36N6O/c1-20-23(21(2)32(30-20)19-22-11-6-4-7-12-22)17-28-26(27-3)29-18-24(25-13-10-16-33-25)31-14-8-5-9-15-31/h4,6-7,10-13,16,24H,5,8-9,14-15,17-19H2,1-3H3,(H2,27,28,29). The van der Waals surface area contributed by atoms with Crippen LogP contribution >= 0.6 is 0 Å². The molecule has 2 N–H and O–H groups in total. The summed E-state index contributed by atoms with van der Waals surface area (Å²) in [6.45, 7) is 8.64. The smallest absolute Gasteiger partial charge is 0.191 e. The number of furan rings is 1. The summed E-state index contributed by atoms with van der Waals surface area (Å²) in [6.07, 6.45) is 5.57. The fourth-order valence-electron chi connectivity index (χ4n) is 4.61. The lowest BCUT2D eigenvalue weighted by molar-refractivity contribution is 0.146. The van der Waals surface area contributed by atoms with Crippen LogP contribution in [0.2, 0.25) is 0 Å². The number of nitrogens with one attached hydrogen (secondary N) is 2. The van der Waals surface area contributed by atoms with Gasteiger partial charge in [-0.05, 0) is 57.5 Å². The average Bonchev–Trinajstić information content (AvgIpc) is 3.46. The molecule has 176 valence electrons. The second-order valence-electron chi connectivity index (χ2n) is 8.73. The van der Waals surface area contributed by atoms with Crippen molar-refractivity contribution in [1.82, 2.24) is 25.3 Å². The van der Waals surface area contributed by atoms with E-state index < -0.39 is 0 Å². The predicted molar refractivity (Wildman–Crippen MR) is 132 cm³/mol. The third kappa shape index (κ3) is 5.85. The summed E-state index contributed by atoms with van der Waals surface area (Å²) in [5, 5.41) is 11.8. The van der Waals surface area contributed by atoms with Crippen LogP contribution in [0.4, 0.5) is 0 Å². The van der Waals surface area contributed by atoms with Crippen LogP contribution in [0.15, 0.2) is 58.1 Å². The third-order valence-electron chi connectivity index (χ3n) is 6.53. The Morgan fingerprint density at radius 2 is 1.85 bits per heavy atom. The minimum absolute atomic E-state index is 0.205. The first-order chi connectivity index (χ1) is 16.2. The van der Waals surface area contributed by atoms with E-state index in [-0.39, 0.29) is 6.04 Å². The Bertz CT molecular complexity index is 1020. The molecule has 0 saturated carbocycles. The van der Waals surface area contributed by atoms with Crippen molar-refractivity contribution in [2.24, 2.45) is 4.99 Å². The van der Waals surface area contributed by atoms with Crippen LogP contribution in [0.1, 0.15) is 53.6 Å². The molecule has 1 unspecified atom stereocenters. The number of nitrogens with zero attached hydrogens (tertiary/aromatic N) is 4. The molecule has 1 saturated heterocycles. The Morgan fingerprint density at radius 3 is 2.55 bits per heavy atom. The van der Waals surface area contributed by atoms with Gasteiger partial charge in [-0.2, -0.15) is 5.10 Å². The lowest BCUT2D eigenvalue weighted by atomic mass is 10.1. The van der Waals surface area contributed by atoms with E-state index in [1.807, 2.05) is 19.2 Å². The van der Waals surface area contributed by atoms with Gasteiger partial charge < -0.3 is 15.1 Å². The van der Waals surface area contributed by atoms with Crippen molar-refractivity contribution in [3.63, 3.8) is 0 Å². The van der Waals surface area contributed by atoms with E-state index in [0.717, 1.165) is 43.6 Å². The molecule has 1 aromatic carbocycles. The lowest BCUT2D eigenvalue weighted by Gasteiger charge is -2.33. The van der Waals surface area contributed by atoms with E-state index in [9.17, 15) is 0 Å². The summed E-state index contributed by atoms with van der Waals surface area (Å²) in [5.41, 5.74) is 4.70. The van der Waals surface area contributed by atoms with Crippen LogP contribution in [0.3, 0.4) is 0 Å². The number of guanidine groups is 1. The van der Waals surface area contributed by atoms with Crippen molar-refractivity contribution in [2.45, 2.75) is 52.2 Å². The summed E-state index contributed by atoms with van der Waals surface area (Å²) in [6, 6.07) is 14.7. The van der Waals surface area contributed by atoms with Crippen LogP contribution in [0.25, 0.3) is 0 Å². The molecule has 1 aliphatic heterocycles. The number of aryl methyl sites for hydroxylation is 1. The molecule has 1 fully saturated rings. The Kier molecular flexibility index (Phi) is 7.83. The van der Waals surface area contributed by atoms with Crippen molar-refractivity contribution < 1.29 is 4.42 Å². The molecule has 0 bridgehead atoms. The molecular weight excluding hydrogens is 412 g/mol. The third-order valence-corrected chi connectivity index (χ3v) is 6.53. The Hall–Kier alpha value is -3.06. The van der Waals surface area contributed by atoms with Crippen molar-refractivity contribution in [3.05, 3.63) is 77.0 Å². The maximum Gasteiger partial charge on any atom is 0.191 e. The van der Waals surface area contributed by atoms with Gasteiger partial charge in [0.2, 0.25) is 0 Å². The molecular formula is C26H36N6O. The van der Waals surface area contributed by atoms with Crippen molar-refractivity contribution in [3.8, 4) is 0 Å². The topological polar surface area (TPSA) is 70.6 Å². The van der Waals surface area contributed by atoms with Gasteiger partial charge in [0.25, 0.3) is 0 Å². The Morgan fingerprint density at radius 1 is 1.06 bits per heavy atom. The molecule has 7 heteroatoms. The molecule has 2 aromatic heterocycles. The van der Waals surface area contributed by atoms with E-state index in [2.05, 4.69) is 69.4 Å². The Balaban J connectivity index is 1.37. The van der Waals surface area contributed by atoms with E-state index in [1.54, 1.807) is 6.26 Å². The summed E-state index contributed by atoms with van der Waals surface area (Å²) in [4.78, 5) is 6.97. The average molecular weight is 449 g/mol. The van der Waals surface area contributed by atoms with Gasteiger partial charge in [-0.25, -0.2) is 0 Å². The summed E-state index contributed by atoms with van der Waals surface area (Å²) >= 11 is 0. The maximum atomic E-state index is 5.77. The van der Waals surface area contributed by atoms with Crippen LogP contribution in [0.5, 0.6) is 0 Å². The highest BCUT2D eigenvalue weighted by Crippen LogP contribution is 2.24. The minimum Gasteiger partial charge on any atom is -0.468 e. The summed E-state index contributed by atoms with van der Waals surface area (Å²) in [5.74, 6) is 1.80. The van der Waals surface area contributed by atoms with Crippen molar-refractivity contribution in [1.29, 1.82) is 0 Å². The second kappa shape index (κ2) is 11.2. The monoisotopic (exact) mass is 448 g/mol. The fourth-order valence-corrected chi connectivity index (χ4v) is 4.61. The second-order valence-corrected chi connectivity index (χ2v) is 8.73. The van der Waals surface area contributed by atoms with Gasteiger partial charge in [-0.1, -0.05) is 36.8 Å². The van der Waals surface area contributed by atoms with Gasteiger partial charge in [-0.3, -0.25) is 14.6 Å². The van der Waals surface area contributed by atoms with E-state index in [4.69, 9.17) is 9.52 Å². The fraction of sp³-hybridized carbons (Fsp3) is 0.462. The molecule has 3 aromatic rings. The van der Waals surface area contributed by atoms with Crippen molar-refractivity contribution >= 4 is 5.96 Å². The van der Waals surface area contributed by atoms with Gasteiger partial charge in [-0.15, -0.1) is 0 Å². The first kappa shape index (κ1) is 23.1. The van der Waals surface area contributed by atoms with E-state index in [0.29, 0.717) is 6.54 Å². The summed E-state index contributed by atoms with van der Waals surface area (Å²) < 4.78 is 7.86. The number of aliphatic imine (C=N–C) groups is 1. The number of hydrogen-bond acceptors (Lipinski definition) is 4. The van der Waals surface area contributed by atoms with Crippen LogP contribution in [0, 0.1) is 13.8 Å². The molecule has 7 nitrogen and oxygen atoms in total. The first-order valence-electron chi connectivity index (χ1n) is 11.9. The molecule has 0 spiro atoms. The number of benzene rings is 1. The van der Waals surface area contributed by atoms with E-state index in [1.165, 1.54) is 36.1 Å². The number of hydrogen-bond donors (Lipinski definition) is 2. The van der Waals surface area contributed by atoms with Gasteiger partial charge in [0.05, 0.1) is 24.5 Å². The van der Waals surface area contributed by atoms with Gasteiger partial charge in [0.1, 0.15) is 5.76 Å². The van der Waals surface area contributed by atoms with Crippen LogP contribution in [-0.4, -0.2) is 47.3 Å². The van der Waals surface area contributed by atoms with Crippen LogP contribution < -0.4 is 10.6 Å². The van der Waals surface area contributed by atoms with E-state index >= 15 is 0 Å². The highest BCUT2D eigenvalue weighted by atomic mass is 16.3. The maximum absolute atomic E-state index is 5.77. The molecule has 0 radical (unpaired) electrons. The first-order valence-corrected chi connectivity index (χ1v) is 11.9. The molecule has 4 rings (SSSR count). The highest BCUT2D eigenvalue weighted by Gasteiger charge is 2.24. The number of rotatable bonds is 8. The zero-order valence-electron chi connectivity index (χ0n) is 20.1. The normalized spacial score (nSPS) is 16.0. The highest BCUT2D eigenvalue weighted by molar-refractivity contribution is 5.79. The molecule has 33 heavy (non-hydrogen) atoms. The predicted octanol–water partition coefficient (Wildman–Crippen LogP) is 4.03.